The number of halogens is 1. The third-order valence-corrected chi connectivity index (χ3v) is 3.01. The number of hydrogen-bond acceptors (Lipinski definition) is 3. The number of nitrogens with two attached hydrogens (primary N) is 1. The van der Waals surface area contributed by atoms with Crippen LogP contribution in [0.25, 0.3) is 0 Å². The van der Waals surface area contributed by atoms with Crippen molar-refractivity contribution in [3.05, 3.63) is 24.4 Å². The highest BCUT2D eigenvalue weighted by atomic mass is 35.5. The van der Waals surface area contributed by atoms with Crippen LogP contribution in [0.3, 0.4) is 0 Å². The molecule has 1 aromatic heterocycles. The molecule has 0 saturated carbocycles. The summed E-state index contributed by atoms with van der Waals surface area (Å²) in [4.78, 5) is 4.22. The monoisotopic (exact) mass is 232 g/mol. The minimum atomic E-state index is 0. The zero-order valence-electron chi connectivity index (χ0n) is 8.51. The fourth-order valence-corrected chi connectivity index (χ4v) is 1.86. The molecule has 0 aromatic carbocycles. The third-order valence-electron chi connectivity index (χ3n) is 1.92. The van der Waals surface area contributed by atoms with Crippen molar-refractivity contribution in [3.63, 3.8) is 0 Å². The van der Waals surface area contributed by atoms with Crippen LogP contribution < -0.4 is 5.73 Å². The molecule has 80 valence electrons. The van der Waals surface area contributed by atoms with Crippen molar-refractivity contribution in [1.29, 1.82) is 0 Å². The topological polar surface area (TPSA) is 38.9 Å². The van der Waals surface area contributed by atoms with Gasteiger partial charge in [-0.2, -0.15) is 0 Å². The van der Waals surface area contributed by atoms with Gasteiger partial charge in [0.2, 0.25) is 0 Å². The lowest BCUT2D eigenvalue weighted by Crippen LogP contribution is -2.28. The number of nitrogens with zero attached hydrogens (tertiary/aromatic N) is 1. The first-order chi connectivity index (χ1) is 6.20. The van der Waals surface area contributed by atoms with Gasteiger partial charge in [-0.15, -0.1) is 24.2 Å². The van der Waals surface area contributed by atoms with Crippen LogP contribution in [-0.2, 0) is 0 Å². The van der Waals surface area contributed by atoms with E-state index in [2.05, 4.69) is 18.8 Å². The molecule has 0 radical (unpaired) electrons. The van der Waals surface area contributed by atoms with Crippen LogP contribution in [0.4, 0.5) is 0 Å². The minimum absolute atomic E-state index is 0. The van der Waals surface area contributed by atoms with E-state index in [9.17, 15) is 0 Å². The summed E-state index contributed by atoms with van der Waals surface area (Å²) in [7, 11) is 0. The first-order valence-corrected chi connectivity index (χ1v) is 5.48. The van der Waals surface area contributed by atoms with Crippen LogP contribution in [0, 0.1) is 5.92 Å². The highest BCUT2D eigenvalue weighted by Crippen LogP contribution is 2.16. The van der Waals surface area contributed by atoms with Gasteiger partial charge >= 0.3 is 0 Å². The second-order valence-electron chi connectivity index (χ2n) is 3.39. The molecule has 0 aliphatic carbocycles. The van der Waals surface area contributed by atoms with Crippen LogP contribution in [0.2, 0.25) is 0 Å². The molecule has 14 heavy (non-hydrogen) atoms. The summed E-state index contributed by atoms with van der Waals surface area (Å²) in [5, 5.41) is 1.05. The van der Waals surface area contributed by atoms with E-state index in [4.69, 9.17) is 5.73 Å². The Bertz CT molecular complexity index is 241. The molecule has 0 fully saturated rings. The predicted octanol–water partition coefficient (Wildman–Crippen LogP) is 2.58. The SMILES string of the molecule is CC(C)C(N)CSc1ccccn1.Cl. The lowest BCUT2D eigenvalue weighted by Gasteiger charge is -2.14. The first kappa shape index (κ1) is 13.8. The molecule has 1 heterocycles. The lowest BCUT2D eigenvalue weighted by molar-refractivity contribution is 0.535. The second kappa shape index (κ2) is 7.10. The third kappa shape index (κ3) is 4.84. The highest BCUT2D eigenvalue weighted by molar-refractivity contribution is 7.99. The standard InChI is InChI=1S/C10H16N2S.ClH/c1-8(2)9(11)7-13-10-5-3-4-6-12-10;/h3-6,8-9H,7,11H2,1-2H3;1H. The molecule has 4 heteroatoms. The van der Waals surface area contributed by atoms with Crippen LogP contribution in [0.5, 0.6) is 0 Å². The Labute approximate surface area is 96.1 Å². The number of rotatable bonds is 4. The van der Waals surface area contributed by atoms with Gasteiger partial charge in [-0.25, -0.2) is 4.98 Å². The predicted molar refractivity (Wildman–Crippen MR) is 65.0 cm³/mol. The van der Waals surface area contributed by atoms with Gasteiger partial charge in [0, 0.05) is 18.0 Å². The van der Waals surface area contributed by atoms with E-state index >= 15 is 0 Å². The summed E-state index contributed by atoms with van der Waals surface area (Å²) in [6.07, 6.45) is 1.81. The Balaban J connectivity index is 0.00000169. The molecule has 2 N–H and O–H groups in total. The average Bonchev–Trinajstić information content (AvgIpc) is 2.15. The second-order valence-corrected chi connectivity index (χ2v) is 4.43. The molecule has 2 nitrogen and oxygen atoms in total. The van der Waals surface area contributed by atoms with Crippen molar-refractivity contribution >= 4 is 24.2 Å². The highest BCUT2D eigenvalue weighted by Gasteiger charge is 2.07. The van der Waals surface area contributed by atoms with Crippen molar-refractivity contribution in [2.24, 2.45) is 11.7 Å². The molecule has 0 spiro atoms. The summed E-state index contributed by atoms with van der Waals surface area (Å²) < 4.78 is 0. The van der Waals surface area contributed by atoms with Crippen molar-refractivity contribution in [2.75, 3.05) is 5.75 Å². The Morgan fingerprint density at radius 2 is 2.14 bits per heavy atom. The van der Waals surface area contributed by atoms with E-state index < -0.39 is 0 Å². The van der Waals surface area contributed by atoms with E-state index in [1.54, 1.807) is 11.8 Å². The normalized spacial score (nSPS) is 12.3. The first-order valence-electron chi connectivity index (χ1n) is 4.49. The molecule has 0 bridgehead atoms. The maximum Gasteiger partial charge on any atom is 0.0960 e. The number of hydrogen-bond donors (Lipinski definition) is 1. The van der Waals surface area contributed by atoms with Crippen LogP contribution in [0.1, 0.15) is 13.8 Å². The molecule has 0 saturated heterocycles. The lowest BCUT2D eigenvalue weighted by atomic mass is 10.1. The molecule has 0 amide bonds. The van der Waals surface area contributed by atoms with E-state index in [-0.39, 0.29) is 18.4 Å². The maximum absolute atomic E-state index is 5.92. The van der Waals surface area contributed by atoms with Crippen molar-refractivity contribution in [3.8, 4) is 0 Å². The van der Waals surface area contributed by atoms with Crippen molar-refractivity contribution in [2.45, 2.75) is 24.9 Å². The molecule has 1 rings (SSSR count). The summed E-state index contributed by atoms with van der Waals surface area (Å²) in [6, 6.07) is 6.19. The van der Waals surface area contributed by atoms with Gasteiger partial charge in [0.25, 0.3) is 0 Å². The van der Waals surface area contributed by atoms with E-state index in [1.807, 2.05) is 24.4 Å². The molecule has 1 atom stereocenters. The molecule has 0 aliphatic heterocycles. The molecular weight excluding hydrogens is 216 g/mol. The van der Waals surface area contributed by atoms with Crippen LogP contribution in [0.15, 0.2) is 29.4 Å². The van der Waals surface area contributed by atoms with E-state index in [0.29, 0.717) is 5.92 Å². The van der Waals surface area contributed by atoms with E-state index in [0.717, 1.165) is 10.8 Å². The average molecular weight is 233 g/mol. The molecular formula is C10H17ClN2S. The Morgan fingerprint density at radius 1 is 1.43 bits per heavy atom. The van der Waals surface area contributed by atoms with Gasteiger partial charge in [0.1, 0.15) is 0 Å². The van der Waals surface area contributed by atoms with Gasteiger partial charge < -0.3 is 5.73 Å². The Kier molecular flexibility index (Phi) is 6.97. The Hall–Kier alpha value is -0.250. The smallest absolute Gasteiger partial charge is 0.0960 e. The molecule has 0 aliphatic rings. The van der Waals surface area contributed by atoms with Crippen molar-refractivity contribution < 1.29 is 0 Å². The summed E-state index contributed by atoms with van der Waals surface area (Å²) in [5.74, 6) is 1.48. The number of thioether (sulfide) groups is 1. The summed E-state index contributed by atoms with van der Waals surface area (Å²) >= 11 is 1.72. The number of pyridine rings is 1. The largest absolute Gasteiger partial charge is 0.327 e. The maximum atomic E-state index is 5.92. The van der Waals surface area contributed by atoms with Gasteiger partial charge in [-0.1, -0.05) is 19.9 Å². The van der Waals surface area contributed by atoms with Crippen LogP contribution in [-0.4, -0.2) is 16.8 Å². The van der Waals surface area contributed by atoms with Crippen LogP contribution >= 0.6 is 24.2 Å². The zero-order valence-corrected chi connectivity index (χ0v) is 10.1. The van der Waals surface area contributed by atoms with Gasteiger partial charge in [0.15, 0.2) is 0 Å². The zero-order chi connectivity index (χ0) is 9.68. The molecule has 1 unspecified atom stereocenters. The summed E-state index contributed by atoms with van der Waals surface area (Å²) in [5.41, 5.74) is 5.92. The van der Waals surface area contributed by atoms with Gasteiger partial charge in [0.05, 0.1) is 5.03 Å². The molecule has 1 aromatic rings. The van der Waals surface area contributed by atoms with Gasteiger partial charge in [-0.3, -0.25) is 0 Å². The Morgan fingerprint density at radius 3 is 2.64 bits per heavy atom. The summed E-state index contributed by atoms with van der Waals surface area (Å²) in [6.45, 7) is 4.29. The fraction of sp³-hybridized carbons (Fsp3) is 0.500. The van der Waals surface area contributed by atoms with E-state index in [1.165, 1.54) is 0 Å². The fourth-order valence-electron chi connectivity index (χ4n) is 0.807. The quantitative estimate of drug-likeness (QED) is 0.812. The minimum Gasteiger partial charge on any atom is -0.327 e. The number of aromatic nitrogens is 1. The van der Waals surface area contributed by atoms with Crippen molar-refractivity contribution in [1.82, 2.24) is 4.98 Å². The van der Waals surface area contributed by atoms with Gasteiger partial charge in [-0.05, 0) is 18.1 Å².